The van der Waals surface area contributed by atoms with E-state index in [0.29, 0.717) is 33.3 Å². The summed E-state index contributed by atoms with van der Waals surface area (Å²) in [5.74, 6) is -0.0582. The normalized spacial score (nSPS) is 11.3. The molecule has 7 nitrogen and oxygen atoms in total. The van der Waals surface area contributed by atoms with Gasteiger partial charge in [-0.3, -0.25) is 4.79 Å². The third kappa shape index (κ3) is 5.18. The van der Waals surface area contributed by atoms with E-state index in [2.05, 4.69) is 32.1 Å². The molecule has 0 saturated carbocycles. The zero-order chi connectivity index (χ0) is 24.4. The maximum absolute atomic E-state index is 12.5. The Morgan fingerprint density at radius 2 is 2.03 bits per heavy atom. The maximum Gasteiger partial charge on any atom is 0.236 e. The van der Waals surface area contributed by atoms with Crippen LogP contribution in [0.3, 0.4) is 0 Å². The number of aromatic nitrogens is 5. The van der Waals surface area contributed by atoms with Crippen LogP contribution in [-0.2, 0) is 17.8 Å². The summed E-state index contributed by atoms with van der Waals surface area (Å²) in [6, 6.07) is 13.5. The van der Waals surface area contributed by atoms with Gasteiger partial charge in [-0.25, -0.2) is 9.97 Å². The molecule has 0 atom stereocenters. The number of hydrogen-bond donors (Lipinski definition) is 1. The predicted molar refractivity (Wildman–Crippen MR) is 144 cm³/mol. The van der Waals surface area contributed by atoms with Crippen molar-refractivity contribution < 1.29 is 4.79 Å². The molecular weight excluding hydrogens is 523 g/mol. The first-order valence-electron chi connectivity index (χ1n) is 10.6. The molecule has 0 aliphatic heterocycles. The van der Waals surface area contributed by atoms with Gasteiger partial charge in [0.15, 0.2) is 10.8 Å². The van der Waals surface area contributed by atoms with E-state index in [1.165, 1.54) is 23.1 Å². The SMILES string of the molecule is C=CCn1c2ccccc2c2nnc(SCC(=O)Nc3ncc(Cc4ccc(Cl)c(Cl)c4)s3)nc21. The van der Waals surface area contributed by atoms with Crippen LogP contribution in [0.1, 0.15) is 10.4 Å². The number of allylic oxidation sites excluding steroid dienone is 1. The van der Waals surface area contributed by atoms with Gasteiger partial charge in [-0.05, 0) is 23.8 Å². The minimum absolute atomic E-state index is 0.135. The lowest BCUT2D eigenvalue weighted by molar-refractivity contribution is -0.113. The second kappa shape index (κ2) is 10.3. The monoisotopic (exact) mass is 540 g/mol. The van der Waals surface area contributed by atoms with Crippen molar-refractivity contribution in [1.82, 2.24) is 24.7 Å². The summed E-state index contributed by atoms with van der Waals surface area (Å²) in [4.78, 5) is 22.5. The molecule has 0 bridgehead atoms. The number of rotatable bonds is 8. The molecule has 0 aliphatic carbocycles. The van der Waals surface area contributed by atoms with Gasteiger partial charge in [0.1, 0.15) is 5.52 Å². The number of halogens is 2. The Bertz CT molecular complexity index is 1560. The second-order valence-electron chi connectivity index (χ2n) is 7.58. The number of fused-ring (bicyclic) bond motifs is 3. The Labute approximate surface area is 219 Å². The molecule has 3 heterocycles. The molecule has 2 aromatic carbocycles. The molecule has 0 aliphatic rings. The first-order valence-corrected chi connectivity index (χ1v) is 13.1. The Kier molecular flexibility index (Phi) is 7.01. The number of hydrogen-bond acceptors (Lipinski definition) is 7. The molecule has 11 heteroatoms. The van der Waals surface area contributed by atoms with Gasteiger partial charge < -0.3 is 9.88 Å². The number of anilines is 1. The van der Waals surface area contributed by atoms with Gasteiger partial charge in [0.05, 0.1) is 21.3 Å². The molecule has 0 saturated heterocycles. The van der Waals surface area contributed by atoms with E-state index in [1.54, 1.807) is 12.3 Å². The van der Waals surface area contributed by atoms with E-state index in [-0.39, 0.29) is 11.7 Å². The minimum Gasteiger partial charge on any atom is -0.320 e. The summed E-state index contributed by atoms with van der Waals surface area (Å²) in [5, 5.41) is 14.4. The van der Waals surface area contributed by atoms with Crippen molar-refractivity contribution in [3.8, 4) is 0 Å². The molecule has 0 radical (unpaired) electrons. The number of nitrogens with zero attached hydrogens (tertiary/aromatic N) is 5. The average Bonchev–Trinajstić information content (AvgIpc) is 3.42. The quantitative estimate of drug-likeness (QED) is 0.185. The van der Waals surface area contributed by atoms with Gasteiger partial charge >= 0.3 is 0 Å². The molecule has 176 valence electrons. The Morgan fingerprint density at radius 1 is 1.17 bits per heavy atom. The third-order valence-electron chi connectivity index (χ3n) is 5.16. The van der Waals surface area contributed by atoms with Crippen LogP contribution in [0.5, 0.6) is 0 Å². The maximum atomic E-state index is 12.5. The lowest BCUT2D eigenvalue weighted by atomic mass is 10.1. The van der Waals surface area contributed by atoms with E-state index < -0.39 is 0 Å². The fourth-order valence-corrected chi connectivity index (χ4v) is 5.41. The first-order chi connectivity index (χ1) is 17.0. The van der Waals surface area contributed by atoms with Crippen molar-refractivity contribution in [3.63, 3.8) is 0 Å². The molecule has 1 amide bonds. The van der Waals surface area contributed by atoms with Crippen molar-refractivity contribution in [2.45, 2.75) is 18.1 Å². The predicted octanol–water partition coefficient (Wildman–Crippen LogP) is 6.25. The van der Waals surface area contributed by atoms with Crippen LogP contribution in [0.15, 0.2) is 66.5 Å². The zero-order valence-electron chi connectivity index (χ0n) is 18.2. The van der Waals surface area contributed by atoms with E-state index >= 15 is 0 Å². The number of benzene rings is 2. The fourth-order valence-electron chi connectivity index (χ4n) is 3.65. The molecule has 0 spiro atoms. The third-order valence-corrected chi connectivity index (χ3v) is 7.65. The number of thiazole rings is 1. The van der Waals surface area contributed by atoms with Gasteiger partial charge in [0.25, 0.3) is 0 Å². The highest BCUT2D eigenvalue weighted by Crippen LogP contribution is 2.28. The van der Waals surface area contributed by atoms with Gasteiger partial charge in [0.2, 0.25) is 11.1 Å². The zero-order valence-corrected chi connectivity index (χ0v) is 21.4. The van der Waals surface area contributed by atoms with Gasteiger partial charge in [-0.1, -0.05) is 65.3 Å². The van der Waals surface area contributed by atoms with E-state index in [0.717, 1.165) is 32.5 Å². The summed E-state index contributed by atoms with van der Waals surface area (Å²) < 4.78 is 2.04. The highest BCUT2D eigenvalue weighted by atomic mass is 35.5. The van der Waals surface area contributed by atoms with E-state index in [4.69, 9.17) is 23.2 Å². The molecule has 0 fully saturated rings. The Morgan fingerprint density at radius 3 is 2.86 bits per heavy atom. The van der Waals surface area contributed by atoms with E-state index in [1.807, 2.05) is 47.0 Å². The number of nitrogens with one attached hydrogen (secondary N) is 1. The van der Waals surface area contributed by atoms with Crippen LogP contribution < -0.4 is 5.32 Å². The topological polar surface area (TPSA) is 85.6 Å². The van der Waals surface area contributed by atoms with Gasteiger partial charge in [0, 0.05) is 29.4 Å². The molecule has 1 N–H and O–H groups in total. The van der Waals surface area contributed by atoms with Crippen LogP contribution in [0.2, 0.25) is 10.0 Å². The summed E-state index contributed by atoms with van der Waals surface area (Å²) in [6.45, 7) is 4.44. The van der Waals surface area contributed by atoms with Crippen molar-refractivity contribution in [2.24, 2.45) is 0 Å². The molecule has 3 aromatic heterocycles. The van der Waals surface area contributed by atoms with Crippen LogP contribution in [0.25, 0.3) is 22.1 Å². The van der Waals surface area contributed by atoms with Crippen LogP contribution in [0, 0.1) is 0 Å². The van der Waals surface area contributed by atoms with Gasteiger partial charge in [-0.15, -0.1) is 28.1 Å². The minimum atomic E-state index is -0.194. The van der Waals surface area contributed by atoms with Crippen LogP contribution in [-0.4, -0.2) is 36.4 Å². The summed E-state index contributed by atoms with van der Waals surface area (Å²) >= 11 is 14.7. The van der Waals surface area contributed by atoms with Crippen molar-refractivity contribution in [2.75, 3.05) is 11.1 Å². The van der Waals surface area contributed by atoms with Crippen molar-refractivity contribution in [1.29, 1.82) is 0 Å². The highest BCUT2D eigenvalue weighted by Gasteiger charge is 2.15. The second-order valence-corrected chi connectivity index (χ2v) is 10.4. The number of carbonyl (C=O) groups excluding carboxylic acids is 1. The highest BCUT2D eigenvalue weighted by molar-refractivity contribution is 7.99. The number of amides is 1. The summed E-state index contributed by atoms with van der Waals surface area (Å²) in [6.07, 6.45) is 4.21. The summed E-state index contributed by atoms with van der Waals surface area (Å²) in [5.41, 5.74) is 3.49. The van der Waals surface area contributed by atoms with Crippen molar-refractivity contribution in [3.05, 3.63) is 81.8 Å². The molecule has 5 aromatic rings. The van der Waals surface area contributed by atoms with Crippen LogP contribution >= 0.6 is 46.3 Å². The standard InChI is InChI=1S/C24H18Cl2N6OS2/c1-2-9-32-19-6-4-3-5-16(19)21-22(32)29-24(31-30-21)34-13-20(33)28-23-27-12-15(35-23)10-14-7-8-17(25)18(26)11-14/h2-8,11-12H,1,9-10,13H2,(H,27,28,33). The number of carbonyl (C=O) groups is 1. The molecule has 35 heavy (non-hydrogen) atoms. The Hall–Kier alpha value is -2.98. The van der Waals surface area contributed by atoms with Crippen molar-refractivity contribution >= 4 is 79.4 Å². The van der Waals surface area contributed by atoms with Crippen LogP contribution in [0.4, 0.5) is 5.13 Å². The smallest absolute Gasteiger partial charge is 0.236 e. The Balaban J connectivity index is 1.24. The average molecular weight is 541 g/mol. The first kappa shape index (κ1) is 23.7. The molecule has 0 unspecified atom stereocenters. The van der Waals surface area contributed by atoms with Gasteiger partial charge in [-0.2, -0.15) is 0 Å². The lowest BCUT2D eigenvalue weighted by Crippen LogP contribution is -2.14. The number of para-hydroxylation sites is 1. The largest absolute Gasteiger partial charge is 0.320 e. The fraction of sp³-hybridized carbons (Fsp3) is 0.125. The molecule has 5 rings (SSSR count). The molecular formula is C24H18Cl2N6OS2. The number of thioether (sulfide) groups is 1. The summed E-state index contributed by atoms with van der Waals surface area (Å²) in [7, 11) is 0. The van der Waals surface area contributed by atoms with E-state index in [9.17, 15) is 4.79 Å². The lowest BCUT2D eigenvalue weighted by Gasteiger charge is -2.04.